The molecule has 0 radical (unpaired) electrons. The second kappa shape index (κ2) is 6.71. The normalized spacial score (nSPS) is 13.6. The highest BCUT2D eigenvalue weighted by Gasteiger charge is 2.27. The summed E-state index contributed by atoms with van der Waals surface area (Å²) < 4.78 is 10.4. The van der Waals surface area contributed by atoms with Gasteiger partial charge in [-0.3, -0.25) is 0 Å². The summed E-state index contributed by atoms with van der Waals surface area (Å²) in [6.45, 7) is 0. The second-order valence-electron chi connectivity index (χ2n) is 5.50. The number of aromatic nitrogens is 3. The number of hydrogen-bond donors (Lipinski definition) is 2. The fourth-order valence-electron chi connectivity index (χ4n) is 2.59. The summed E-state index contributed by atoms with van der Waals surface area (Å²) in [5.74, 6) is -0.431. The lowest BCUT2D eigenvalue weighted by Gasteiger charge is -2.03. The first kappa shape index (κ1) is 16.5. The van der Waals surface area contributed by atoms with E-state index in [0.717, 1.165) is 5.56 Å². The Morgan fingerprint density at radius 1 is 1.33 bits per heavy atom. The summed E-state index contributed by atoms with van der Waals surface area (Å²) in [5, 5.41) is 13.4. The molecule has 3 aromatic rings. The Balaban J connectivity index is 1.77. The van der Waals surface area contributed by atoms with Crippen LogP contribution < -0.4 is 5.32 Å². The summed E-state index contributed by atoms with van der Waals surface area (Å²) in [4.78, 5) is 28.3. The first-order valence-electron chi connectivity index (χ1n) is 7.84. The van der Waals surface area contributed by atoms with E-state index < -0.39 is 5.97 Å². The predicted molar refractivity (Wildman–Crippen MR) is 97.3 cm³/mol. The summed E-state index contributed by atoms with van der Waals surface area (Å²) in [5.41, 5.74) is 1.83. The molecule has 0 saturated carbocycles. The number of carbonyl (C=O) groups excluding carboxylic acids is 1. The van der Waals surface area contributed by atoms with Crippen molar-refractivity contribution in [1.82, 2.24) is 15.0 Å². The van der Waals surface area contributed by atoms with Crippen LogP contribution in [0.4, 0.5) is 17.4 Å². The smallest absolute Gasteiger partial charge is 0.347 e. The fourth-order valence-corrected chi connectivity index (χ4v) is 2.59. The summed E-state index contributed by atoms with van der Waals surface area (Å²) in [6, 6.07) is 3.63. The SMILES string of the molecule is COC(=O)c1c(Nc2cncnc2)oc(/C=C2\C=Nc3ncccc32)c1O. The number of aliphatic imine (C=N–C) groups is 1. The highest BCUT2D eigenvalue weighted by Crippen LogP contribution is 2.39. The van der Waals surface area contributed by atoms with Crippen molar-refractivity contribution in [3.8, 4) is 5.75 Å². The average molecular weight is 363 g/mol. The van der Waals surface area contributed by atoms with Gasteiger partial charge in [-0.1, -0.05) is 0 Å². The Morgan fingerprint density at radius 3 is 2.93 bits per heavy atom. The highest BCUT2D eigenvalue weighted by atomic mass is 16.5. The monoisotopic (exact) mass is 363 g/mol. The number of nitrogens with one attached hydrogen (secondary N) is 1. The number of carbonyl (C=O) groups is 1. The van der Waals surface area contributed by atoms with E-state index in [1.807, 2.05) is 6.07 Å². The Morgan fingerprint density at radius 2 is 2.15 bits per heavy atom. The van der Waals surface area contributed by atoms with Gasteiger partial charge >= 0.3 is 5.97 Å². The molecule has 0 saturated heterocycles. The zero-order chi connectivity index (χ0) is 18.8. The number of fused-ring (bicyclic) bond motifs is 1. The molecule has 0 amide bonds. The van der Waals surface area contributed by atoms with Gasteiger partial charge in [-0.05, 0) is 18.2 Å². The molecule has 1 aliphatic rings. The highest BCUT2D eigenvalue weighted by molar-refractivity contribution is 6.21. The van der Waals surface area contributed by atoms with Crippen molar-refractivity contribution in [2.24, 2.45) is 4.99 Å². The van der Waals surface area contributed by atoms with Gasteiger partial charge in [-0.15, -0.1) is 0 Å². The van der Waals surface area contributed by atoms with Crippen LogP contribution in [-0.2, 0) is 4.74 Å². The number of furan rings is 1. The fraction of sp³-hybridized carbons (Fsp3) is 0.0556. The lowest BCUT2D eigenvalue weighted by atomic mass is 10.1. The van der Waals surface area contributed by atoms with Crippen LogP contribution in [0.3, 0.4) is 0 Å². The topological polar surface area (TPSA) is 123 Å². The van der Waals surface area contributed by atoms with Crippen LogP contribution >= 0.6 is 0 Å². The van der Waals surface area contributed by atoms with Crippen molar-refractivity contribution >= 4 is 41.2 Å². The van der Waals surface area contributed by atoms with Crippen LogP contribution in [0.5, 0.6) is 5.75 Å². The molecular weight excluding hydrogens is 350 g/mol. The Kier molecular flexibility index (Phi) is 4.09. The van der Waals surface area contributed by atoms with Gasteiger partial charge in [0.15, 0.2) is 22.9 Å². The molecule has 1 aliphatic heterocycles. The molecule has 0 unspecified atom stereocenters. The molecule has 4 rings (SSSR count). The standard InChI is InChI=1S/C18H13N5O4/c1-26-18(25)14-15(24)13(27-17(14)23-11-7-19-9-20-8-11)5-10-6-22-16-12(10)3-2-4-21-16/h2-9,23-24H,1H3/b10-5+. The summed E-state index contributed by atoms with van der Waals surface area (Å²) in [7, 11) is 1.22. The third-order valence-corrected chi connectivity index (χ3v) is 3.83. The molecule has 4 heterocycles. The van der Waals surface area contributed by atoms with E-state index in [1.54, 1.807) is 24.6 Å². The summed E-state index contributed by atoms with van der Waals surface area (Å²) in [6.07, 6.45) is 9.19. The quantitative estimate of drug-likeness (QED) is 0.678. The van der Waals surface area contributed by atoms with Crippen molar-refractivity contribution in [2.75, 3.05) is 12.4 Å². The van der Waals surface area contributed by atoms with Crippen molar-refractivity contribution in [3.63, 3.8) is 0 Å². The van der Waals surface area contributed by atoms with E-state index in [9.17, 15) is 9.90 Å². The van der Waals surface area contributed by atoms with Gasteiger partial charge < -0.3 is 19.6 Å². The van der Waals surface area contributed by atoms with Crippen molar-refractivity contribution < 1.29 is 19.1 Å². The van der Waals surface area contributed by atoms with E-state index in [-0.39, 0.29) is 23.0 Å². The van der Waals surface area contributed by atoms with Gasteiger partial charge in [0.05, 0.1) is 25.2 Å². The van der Waals surface area contributed by atoms with Gasteiger partial charge in [-0.25, -0.2) is 24.7 Å². The van der Waals surface area contributed by atoms with Crippen LogP contribution in [0.1, 0.15) is 21.7 Å². The molecule has 0 aliphatic carbocycles. The van der Waals surface area contributed by atoms with Gasteiger partial charge in [-0.2, -0.15) is 0 Å². The third-order valence-electron chi connectivity index (χ3n) is 3.83. The number of rotatable bonds is 4. The number of pyridine rings is 1. The Hall–Kier alpha value is -4.01. The van der Waals surface area contributed by atoms with Crippen molar-refractivity contribution in [3.05, 3.63) is 53.9 Å². The molecule has 134 valence electrons. The molecule has 3 aromatic heterocycles. The zero-order valence-corrected chi connectivity index (χ0v) is 14.1. The maximum absolute atomic E-state index is 12.1. The average Bonchev–Trinajstić information content (AvgIpc) is 3.24. The van der Waals surface area contributed by atoms with Gasteiger partial charge in [0, 0.05) is 23.5 Å². The lowest BCUT2D eigenvalue weighted by molar-refractivity contribution is 0.0598. The van der Waals surface area contributed by atoms with Crippen LogP contribution in [0, 0.1) is 0 Å². The van der Waals surface area contributed by atoms with E-state index in [0.29, 0.717) is 17.1 Å². The minimum Gasteiger partial charge on any atom is -0.504 e. The van der Waals surface area contributed by atoms with Gasteiger partial charge in [0.2, 0.25) is 5.88 Å². The van der Waals surface area contributed by atoms with Gasteiger partial charge in [0.25, 0.3) is 0 Å². The minimum atomic E-state index is -0.748. The van der Waals surface area contributed by atoms with Crippen molar-refractivity contribution in [2.45, 2.75) is 0 Å². The number of esters is 1. The van der Waals surface area contributed by atoms with E-state index in [1.165, 1.54) is 25.8 Å². The molecule has 9 heteroatoms. The molecule has 27 heavy (non-hydrogen) atoms. The largest absolute Gasteiger partial charge is 0.504 e. The number of anilines is 2. The van der Waals surface area contributed by atoms with Crippen LogP contribution in [0.15, 0.2) is 46.5 Å². The second-order valence-corrected chi connectivity index (χ2v) is 5.50. The molecule has 0 aromatic carbocycles. The van der Waals surface area contributed by atoms with Crippen LogP contribution in [0.25, 0.3) is 11.6 Å². The third kappa shape index (κ3) is 3.01. The molecular formula is C18H13N5O4. The molecule has 2 N–H and O–H groups in total. The first-order chi connectivity index (χ1) is 13.2. The summed E-state index contributed by atoms with van der Waals surface area (Å²) >= 11 is 0. The first-order valence-corrected chi connectivity index (χ1v) is 7.84. The molecule has 0 bridgehead atoms. The molecule has 0 spiro atoms. The number of aromatic hydroxyl groups is 1. The van der Waals surface area contributed by atoms with E-state index >= 15 is 0 Å². The maximum atomic E-state index is 12.1. The van der Waals surface area contributed by atoms with Crippen molar-refractivity contribution in [1.29, 1.82) is 0 Å². The lowest BCUT2D eigenvalue weighted by Crippen LogP contribution is -2.03. The predicted octanol–water partition coefficient (Wildman–Crippen LogP) is 2.96. The number of hydrogen-bond acceptors (Lipinski definition) is 9. The number of methoxy groups -OCH3 is 1. The number of allylic oxidation sites excluding steroid dienone is 1. The number of nitrogens with zero attached hydrogens (tertiary/aromatic N) is 4. The Labute approximate surface area is 153 Å². The molecule has 0 atom stereocenters. The van der Waals surface area contributed by atoms with Gasteiger partial charge in [0.1, 0.15) is 6.33 Å². The van der Waals surface area contributed by atoms with E-state index in [4.69, 9.17) is 9.15 Å². The van der Waals surface area contributed by atoms with Crippen LogP contribution in [0.2, 0.25) is 0 Å². The Bertz CT molecular complexity index is 1070. The zero-order valence-electron chi connectivity index (χ0n) is 14.1. The minimum absolute atomic E-state index is 0.0161. The number of ether oxygens (including phenoxy) is 1. The molecule has 9 nitrogen and oxygen atoms in total. The van der Waals surface area contributed by atoms with Crippen LogP contribution in [-0.4, -0.2) is 39.4 Å². The maximum Gasteiger partial charge on any atom is 0.347 e. The molecule has 0 fully saturated rings. The van der Waals surface area contributed by atoms with E-state index in [2.05, 4.69) is 25.3 Å².